The number of aliphatic imine (C=N–C) groups is 1. The molecular formula is C21H20N2O6. The summed E-state index contributed by atoms with van der Waals surface area (Å²) >= 11 is 0. The maximum absolute atomic E-state index is 12.5. The summed E-state index contributed by atoms with van der Waals surface area (Å²) in [6.07, 6.45) is 1.44. The van der Waals surface area contributed by atoms with Gasteiger partial charge in [0.1, 0.15) is 12.3 Å². The van der Waals surface area contributed by atoms with Crippen molar-refractivity contribution in [2.24, 2.45) is 10.9 Å². The third-order valence-electron chi connectivity index (χ3n) is 4.00. The van der Waals surface area contributed by atoms with E-state index < -0.39 is 11.9 Å². The Morgan fingerprint density at radius 2 is 1.62 bits per heavy atom. The highest BCUT2D eigenvalue weighted by Crippen LogP contribution is 2.18. The van der Waals surface area contributed by atoms with Gasteiger partial charge in [-0.15, -0.1) is 0 Å². The van der Waals surface area contributed by atoms with Crippen molar-refractivity contribution in [3.63, 3.8) is 0 Å². The fraction of sp³-hybridized carbons (Fsp3) is 0.238. The highest BCUT2D eigenvalue weighted by Gasteiger charge is 2.15. The molecule has 0 bridgehead atoms. The van der Waals surface area contributed by atoms with E-state index in [1.165, 1.54) is 13.2 Å². The van der Waals surface area contributed by atoms with E-state index in [0.717, 1.165) is 0 Å². The van der Waals surface area contributed by atoms with Crippen molar-refractivity contribution in [1.82, 2.24) is 5.32 Å². The molecule has 0 aliphatic carbocycles. The second-order valence-electron chi connectivity index (χ2n) is 6.11. The van der Waals surface area contributed by atoms with Gasteiger partial charge in [-0.25, -0.2) is 4.79 Å². The maximum atomic E-state index is 12.5. The van der Waals surface area contributed by atoms with Gasteiger partial charge in [-0.1, -0.05) is 6.92 Å². The first-order chi connectivity index (χ1) is 13.9. The number of ketones is 1. The number of rotatable bonds is 9. The monoisotopic (exact) mass is 396 g/mol. The molecule has 0 aromatic heterocycles. The summed E-state index contributed by atoms with van der Waals surface area (Å²) in [5.41, 5.74) is 1.34. The lowest BCUT2D eigenvalue weighted by Crippen LogP contribution is -2.36. The minimum atomic E-state index is -0.530. The van der Waals surface area contributed by atoms with Crippen LogP contribution in [0.15, 0.2) is 53.5 Å². The van der Waals surface area contributed by atoms with Crippen molar-refractivity contribution in [2.45, 2.75) is 6.92 Å². The molecule has 0 aliphatic heterocycles. The van der Waals surface area contributed by atoms with Crippen LogP contribution in [0.1, 0.15) is 22.8 Å². The van der Waals surface area contributed by atoms with Crippen LogP contribution in [0.3, 0.4) is 0 Å². The average molecular weight is 396 g/mol. The Morgan fingerprint density at radius 1 is 1.03 bits per heavy atom. The Bertz CT molecular complexity index is 915. The van der Waals surface area contributed by atoms with Gasteiger partial charge in [0.25, 0.3) is 0 Å². The van der Waals surface area contributed by atoms with Gasteiger partial charge in [0, 0.05) is 11.1 Å². The number of methoxy groups -OCH3 is 1. The molecule has 0 aliphatic rings. The second-order valence-corrected chi connectivity index (χ2v) is 6.11. The zero-order valence-electron chi connectivity index (χ0n) is 16.0. The smallest absolute Gasteiger partial charge is 0.325 e. The van der Waals surface area contributed by atoms with E-state index in [-0.39, 0.29) is 24.8 Å². The van der Waals surface area contributed by atoms with E-state index in [9.17, 15) is 19.2 Å². The molecule has 0 fully saturated rings. The molecule has 0 spiro atoms. The van der Waals surface area contributed by atoms with Gasteiger partial charge in [-0.2, -0.15) is 4.99 Å². The third-order valence-corrected chi connectivity index (χ3v) is 4.00. The number of hydrogen-bond acceptors (Lipinski definition) is 7. The van der Waals surface area contributed by atoms with E-state index in [1.807, 2.05) is 0 Å². The predicted octanol–water partition coefficient (Wildman–Crippen LogP) is 2.19. The van der Waals surface area contributed by atoms with E-state index in [4.69, 9.17) is 4.74 Å². The van der Waals surface area contributed by atoms with Crippen LogP contribution in [0.25, 0.3) is 0 Å². The molecule has 0 radical (unpaired) electrons. The number of benzene rings is 2. The number of carbonyl (C=O) groups excluding carboxylic acids is 4. The largest absolute Gasteiger partial charge is 0.493 e. The quantitative estimate of drug-likeness (QED) is 0.301. The summed E-state index contributed by atoms with van der Waals surface area (Å²) in [6.45, 7) is 1.58. The van der Waals surface area contributed by atoms with Gasteiger partial charge in [0.2, 0.25) is 12.0 Å². The van der Waals surface area contributed by atoms with Crippen LogP contribution >= 0.6 is 0 Å². The van der Waals surface area contributed by atoms with Crippen molar-refractivity contribution in [2.75, 3.05) is 20.3 Å². The lowest BCUT2D eigenvalue weighted by atomic mass is 10.0. The molecular weight excluding hydrogens is 376 g/mol. The normalized spacial score (nSPS) is 11.0. The molecule has 0 saturated heterocycles. The summed E-state index contributed by atoms with van der Waals surface area (Å²) in [5.74, 6) is -1.02. The lowest BCUT2D eigenvalue weighted by Gasteiger charge is -2.13. The fourth-order valence-electron chi connectivity index (χ4n) is 2.31. The summed E-state index contributed by atoms with van der Waals surface area (Å²) < 4.78 is 10.0. The Hall–Kier alpha value is -3.77. The first-order valence-corrected chi connectivity index (χ1v) is 8.74. The standard InChI is InChI=1S/C21H20N2O6/c1-14(21(27)22-11-19(25)28-2)12-29-18-9-5-16(6-10-18)20(26)15-3-7-17(8-4-15)23-13-24/h3-10,14H,11-12H2,1-2H3,(H,22,27). The minimum Gasteiger partial charge on any atom is -0.493 e. The van der Waals surface area contributed by atoms with Crippen LogP contribution in [0, 0.1) is 5.92 Å². The number of ether oxygens (including phenoxy) is 2. The van der Waals surface area contributed by atoms with Crippen molar-refractivity contribution >= 4 is 29.4 Å². The van der Waals surface area contributed by atoms with Gasteiger partial charge < -0.3 is 14.8 Å². The molecule has 2 rings (SSSR count). The Kier molecular flexibility index (Phi) is 7.82. The first-order valence-electron chi connectivity index (χ1n) is 8.74. The van der Waals surface area contributed by atoms with Crippen LogP contribution < -0.4 is 10.1 Å². The van der Waals surface area contributed by atoms with E-state index in [1.54, 1.807) is 55.5 Å². The second kappa shape index (κ2) is 10.5. The Morgan fingerprint density at radius 3 is 2.17 bits per heavy atom. The van der Waals surface area contributed by atoms with Gasteiger partial charge in [-0.05, 0) is 48.5 Å². The van der Waals surface area contributed by atoms with Crippen molar-refractivity contribution in [1.29, 1.82) is 0 Å². The molecule has 0 heterocycles. The Balaban J connectivity index is 1.90. The summed E-state index contributed by atoms with van der Waals surface area (Å²) in [5, 5.41) is 2.46. The first kappa shape index (κ1) is 21.5. The summed E-state index contributed by atoms with van der Waals surface area (Å²) in [4.78, 5) is 49.1. The number of hydrogen-bond donors (Lipinski definition) is 1. The van der Waals surface area contributed by atoms with Gasteiger partial charge in [0.05, 0.1) is 25.3 Å². The number of isocyanates is 1. The summed E-state index contributed by atoms with van der Waals surface area (Å²) in [6, 6.07) is 12.8. The van der Waals surface area contributed by atoms with Crippen LogP contribution in [-0.4, -0.2) is 44.0 Å². The molecule has 150 valence electrons. The SMILES string of the molecule is COC(=O)CNC(=O)C(C)COc1ccc(C(=O)c2ccc(N=C=O)cc2)cc1. The van der Waals surface area contributed by atoms with Crippen molar-refractivity contribution < 1.29 is 28.7 Å². The third kappa shape index (κ3) is 6.41. The van der Waals surface area contributed by atoms with E-state index in [0.29, 0.717) is 22.6 Å². The number of amides is 1. The predicted molar refractivity (Wildman–Crippen MR) is 104 cm³/mol. The molecule has 8 nitrogen and oxygen atoms in total. The van der Waals surface area contributed by atoms with Crippen LogP contribution in [0.2, 0.25) is 0 Å². The number of carbonyl (C=O) groups is 3. The van der Waals surface area contributed by atoms with Crippen molar-refractivity contribution in [3.05, 3.63) is 59.7 Å². The Labute approximate surface area is 167 Å². The number of nitrogens with zero attached hydrogens (tertiary/aromatic N) is 1. The van der Waals surface area contributed by atoms with Crippen molar-refractivity contribution in [3.8, 4) is 5.75 Å². The highest BCUT2D eigenvalue weighted by atomic mass is 16.5. The zero-order chi connectivity index (χ0) is 21.2. The molecule has 1 atom stereocenters. The van der Waals surface area contributed by atoms with E-state index in [2.05, 4.69) is 15.0 Å². The van der Waals surface area contributed by atoms with Gasteiger partial charge in [0.15, 0.2) is 5.78 Å². The molecule has 1 unspecified atom stereocenters. The molecule has 2 aromatic carbocycles. The number of nitrogens with one attached hydrogen (secondary N) is 1. The number of esters is 1. The fourth-order valence-corrected chi connectivity index (χ4v) is 2.31. The van der Waals surface area contributed by atoms with E-state index >= 15 is 0 Å². The highest BCUT2D eigenvalue weighted by molar-refractivity contribution is 6.09. The molecule has 1 amide bonds. The van der Waals surface area contributed by atoms with Crippen LogP contribution in [0.4, 0.5) is 5.69 Å². The van der Waals surface area contributed by atoms with Gasteiger partial charge >= 0.3 is 5.97 Å². The molecule has 0 saturated carbocycles. The average Bonchev–Trinajstić information content (AvgIpc) is 2.76. The van der Waals surface area contributed by atoms with Gasteiger partial charge in [-0.3, -0.25) is 14.4 Å². The van der Waals surface area contributed by atoms with Crippen LogP contribution in [0.5, 0.6) is 5.75 Å². The van der Waals surface area contributed by atoms with Crippen LogP contribution in [-0.2, 0) is 19.1 Å². The lowest BCUT2D eigenvalue weighted by molar-refractivity contribution is -0.141. The zero-order valence-corrected chi connectivity index (χ0v) is 16.0. The molecule has 29 heavy (non-hydrogen) atoms. The summed E-state index contributed by atoms with van der Waals surface area (Å²) in [7, 11) is 1.24. The maximum Gasteiger partial charge on any atom is 0.325 e. The topological polar surface area (TPSA) is 111 Å². The molecule has 8 heteroatoms. The molecule has 2 aromatic rings. The minimum absolute atomic E-state index is 0.110. The molecule has 1 N–H and O–H groups in total.